The summed E-state index contributed by atoms with van der Waals surface area (Å²) in [6.45, 7) is 22.9. The van der Waals surface area contributed by atoms with Crippen molar-refractivity contribution in [3.05, 3.63) is 30.4 Å². The molecule has 10 atom stereocenters. The molecule has 0 aromatic carbocycles. The second-order valence-corrected chi connectivity index (χ2v) is 19.7. The predicted molar refractivity (Wildman–Crippen MR) is 195 cm³/mol. The minimum atomic E-state index is -1.14. The van der Waals surface area contributed by atoms with E-state index in [9.17, 15) is 19.5 Å². The maximum absolute atomic E-state index is 13.7. The largest absolute Gasteiger partial charge is 0.481 e. The Labute approximate surface area is 301 Å². The van der Waals surface area contributed by atoms with Gasteiger partial charge in [-0.25, -0.2) is 4.98 Å². The van der Waals surface area contributed by atoms with Gasteiger partial charge in [0.05, 0.1) is 30.4 Å². The highest BCUT2D eigenvalue weighted by Crippen LogP contribution is 2.78. The lowest BCUT2D eigenvalue weighted by Gasteiger charge is -2.73. The summed E-state index contributed by atoms with van der Waals surface area (Å²) in [5, 5.41) is 12.8. The van der Waals surface area contributed by atoms with Crippen molar-refractivity contribution >= 4 is 17.8 Å². The molecule has 0 saturated heterocycles. The Kier molecular flexibility index (Phi) is 9.28. The Morgan fingerprint density at radius 2 is 1.70 bits per heavy atom. The van der Waals surface area contributed by atoms with Crippen molar-refractivity contribution in [3.63, 3.8) is 0 Å². The highest BCUT2D eigenvalue weighted by Gasteiger charge is 2.71. The van der Waals surface area contributed by atoms with Crippen LogP contribution in [0.5, 0.6) is 0 Å². The molecule has 5 fully saturated rings. The van der Waals surface area contributed by atoms with Crippen LogP contribution in [0.15, 0.2) is 24.7 Å². The molecule has 0 radical (unpaired) electrons. The number of ether oxygens (including phenoxy) is 1. The van der Waals surface area contributed by atoms with Gasteiger partial charge in [-0.15, -0.1) is 0 Å². The maximum Gasteiger partial charge on any atom is 0.309 e. The predicted octanol–water partition coefficient (Wildman–Crippen LogP) is 8.50. The van der Waals surface area contributed by atoms with Gasteiger partial charge in [0.2, 0.25) is 5.91 Å². The van der Waals surface area contributed by atoms with Gasteiger partial charge in [-0.1, -0.05) is 46.8 Å². The Bertz CT molecular complexity index is 1530. The summed E-state index contributed by atoms with van der Waals surface area (Å²) in [5.41, 5.74) is 1.36. The molecule has 2 N–H and O–H groups in total. The van der Waals surface area contributed by atoms with Gasteiger partial charge in [0, 0.05) is 25.1 Å². The number of esters is 1. The molecule has 5 aliphatic rings. The van der Waals surface area contributed by atoms with Gasteiger partial charge in [-0.2, -0.15) is 0 Å². The number of carboxylic acid groups (broad SMARTS) is 1. The lowest BCUT2D eigenvalue weighted by Crippen LogP contribution is -2.67. The Hall–Kier alpha value is -2.64. The van der Waals surface area contributed by atoms with Crippen LogP contribution < -0.4 is 5.32 Å². The third-order valence-corrected chi connectivity index (χ3v) is 16.4. The van der Waals surface area contributed by atoms with Crippen molar-refractivity contribution in [2.24, 2.45) is 69.1 Å². The van der Waals surface area contributed by atoms with Crippen LogP contribution in [0.25, 0.3) is 0 Å². The number of hydrogen-bond acceptors (Lipinski definition) is 5. The van der Waals surface area contributed by atoms with Crippen LogP contribution in [0.1, 0.15) is 138 Å². The molecule has 1 aromatic rings. The maximum atomic E-state index is 13.7. The number of fused-ring (bicyclic) bond motifs is 7. The molecule has 6 rings (SSSR count). The van der Waals surface area contributed by atoms with E-state index in [4.69, 9.17) is 4.74 Å². The van der Waals surface area contributed by atoms with Crippen LogP contribution in [0.3, 0.4) is 0 Å². The molecule has 0 spiro atoms. The average molecular weight is 692 g/mol. The van der Waals surface area contributed by atoms with Gasteiger partial charge in [0.1, 0.15) is 6.10 Å². The first-order valence-electron chi connectivity index (χ1n) is 19.5. The molecule has 278 valence electrons. The fourth-order valence-corrected chi connectivity index (χ4v) is 13.5. The second-order valence-electron chi connectivity index (χ2n) is 19.7. The van der Waals surface area contributed by atoms with Crippen LogP contribution in [-0.4, -0.2) is 38.6 Å². The summed E-state index contributed by atoms with van der Waals surface area (Å²) in [6.07, 6.45) is 15.1. The quantitative estimate of drug-likeness (QED) is 0.199. The third kappa shape index (κ3) is 5.77. The first-order chi connectivity index (χ1) is 23.2. The topological polar surface area (TPSA) is 111 Å². The molecule has 5 saturated carbocycles. The van der Waals surface area contributed by atoms with Crippen LogP contribution in [-0.2, 0) is 32.7 Å². The van der Waals surface area contributed by atoms with E-state index in [1.807, 2.05) is 17.8 Å². The zero-order chi connectivity index (χ0) is 36.7. The molecule has 0 bridgehead atoms. The van der Waals surface area contributed by atoms with Crippen molar-refractivity contribution in [2.75, 3.05) is 0 Å². The first kappa shape index (κ1) is 37.1. The molecular formula is C42H65N3O5. The van der Waals surface area contributed by atoms with Gasteiger partial charge in [0.25, 0.3) is 0 Å². The monoisotopic (exact) mass is 691 g/mol. The first-order valence-corrected chi connectivity index (χ1v) is 19.5. The summed E-state index contributed by atoms with van der Waals surface area (Å²) in [6, 6.07) is 0. The minimum Gasteiger partial charge on any atom is -0.481 e. The number of allylic oxidation sites excluding steroid dienone is 1. The van der Waals surface area contributed by atoms with Crippen LogP contribution in [0.2, 0.25) is 0 Å². The Morgan fingerprint density at radius 1 is 0.980 bits per heavy atom. The molecule has 8 heteroatoms. The number of rotatable bonds is 9. The fourth-order valence-electron chi connectivity index (χ4n) is 13.5. The number of hydrogen-bond donors (Lipinski definition) is 2. The number of nitrogens with zero attached hydrogens (tertiary/aromatic N) is 2. The van der Waals surface area contributed by atoms with Gasteiger partial charge in [-0.05, 0) is 136 Å². The number of carbonyl (C=O) groups excluding carboxylic acids is 2. The molecule has 0 aliphatic heterocycles. The smallest absolute Gasteiger partial charge is 0.309 e. The van der Waals surface area contributed by atoms with Crippen molar-refractivity contribution < 1.29 is 24.2 Å². The molecule has 50 heavy (non-hydrogen) atoms. The van der Waals surface area contributed by atoms with E-state index in [1.54, 1.807) is 20.2 Å². The van der Waals surface area contributed by atoms with Crippen LogP contribution in [0.4, 0.5) is 0 Å². The van der Waals surface area contributed by atoms with E-state index in [1.165, 1.54) is 31.3 Å². The van der Waals surface area contributed by atoms with Crippen molar-refractivity contribution in [2.45, 2.75) is 145 Å². The number of amides is 1. The van der Waals surface area contributed by atoms with Gasteiger partial charge in [-0.3, -0.25) is 14.4 Å². The normalized spacial score (nSPS) is 40.4. The van der Waals surface area contributed by atoms with Crippen molar-refractivity contribution in [3.8, 4) is 0 Å². The summed E-state index contributed by atoms with van der Waals surface area (Å²) >= 11 is 0. The highest BCUT2D eigenvalue weighted by atomic mass is 16.5. The van der Waals surface area contributed by atoms with E-state index in [0.717, 1.165) is 44.2 Å². The number of carboxylic acids is 1. The number of carbonyl (C=O) groups is 3. The van der Waals surface area contributed by atoms with Gasteiger partial charge >= 0.3 is 11.9 Å². The zero-order valence-corrected chi connectivity index (χ0v) is 32.5. The van der Waals surface area contributed by atoms with Gasteiger partial charge in [0.15, 0.2) is 0 Å². The van der Waals surface area contributed by atoms with Crippen LogP contribution >= 0.6 is 0 Å². The molecule has 5 aliphatic carbocycles. The molecular weight excluding hydrogens is 626 g/mol. The third-order valence-electron chi connectivity index (χ3n) is 16.4. The molecule has 1 amide bonds. The van der Waals surface area contributed by atoms with E-state index in [0.29, 0.717) is 42.6 Å². The second kappa shape index (κ2) is 12.5. The van der Waals surface area contributed by atoms with E-state index < -0.39 is 17.4 Å². The fraction of sp³-hybridized carbons (Fsp3) is 0.810. The van der Waals surface area contributed by atoms with E-state index >= 15 is 0 Å². The molecule has 1 aromatic heterocycles. The Morgan fingerprint density at radius 3 is 2.34 bits per heavy atom. The summed E-state index contributed by atoms with van der Waals surface area (Å²) < 4.78 is 8.09. The van der Waals surface area contributed by atoms with E-state index in [-0.39, 0.29) is 45.5 Å². The summed E-state index contributed by atoms with van der Waals surface area (Å²) in [4.78, 5) is 42.9. The highest BCUT2D eigenvalue weighted by molar-refractivity contribution is 5.81. The summed E-state index contributed by atoms with van der Waals surface area (Å²) in [7, 11) is 1.95. The van der Waals surface area contributed by atoms with E-state index in [2.05, 4.69) is 58.4 Å². The number of aryl methyl sites for hydroxylation is 1. The van der Waals surface area contributed by atoms with Crippen molar-refractivity contribution in [1.29, 1.82) is 0 Å². The SMILES string of the molecule is C=C(C)[C@@H]1CC[C@]2(CC(=O)NCc3cn(C)cn3)CC[C@]3(C)[C@H](CC[C@@H]4[C@@]5(C)CC[C@H](OC(=O)CC(C)(C)C(=O)O)C(C)(C)[C@@H]5CC[C@]43C)[C@@H]12. The number of aromatic nitrogens is 2. The standard InChI is InChI=1S/C42H65N3O5/c1-26(2)28-13-18-42(21-33(46)43-23-27-24-45(10)25-44-27)20-19-40(8)29(35(28)42)11-12-31-39(7)16-15-32(50-34(47)22-37(3,4)36(48)49)38(5,6)30(39)14-17-41(31,40)9/h24-25,28-32,35H,1,11-23H2,2-10H3,(H,43,46)(H,48,49)/t28-,29+,30-,31+,32-,35+,39-,40+,41+,42+/m0/s1. The number of nitrogens with one attached hydrogen (secondary N) is 1. The minimum absolute atomic E-state index is 0.0193. The van der Waals surface area contributed by atoms with Crippen molar-refractivity contribution in [1.82, 2.24) is 14.9 Å². The molecule has 1 heterocycles. The van der Waals surface area contributed by atoms with Gasteiger partial charge < -0.3 is 19.7 Å². The lowest BCUT2D eigenvalue weighted by atomic mass is 9.32. The Balaban J connectivity index is 1.23. The number of imidazole rings is 1. The number of aliphatic carboxylic acids is 1. The molecule has 0 unspecified atom stereocenters. The molecule has 8 nitrogen and oxygen atoms in total. The lowest BCUT2D eigenvalue weighted by molar-refractivity contribution is -0.250. The summed E-state index contributed by atoms with van der Waals surface area (Å²) in [5.74, 6) is 1.29. The average Bonchev–Trinajstić information content (AvgIpc) is 3.61. The van der Waals surface area contributed by atoms with Crippen LogP contribution in [0, 0.1) is 62.1 Å². The zero-order valence-electron chi connectivity index (χ0n) is 32.5.